The van der Waals surface area contributed by atoms with Crippen molar-refractivity contribution in [2.75, 3.05) is 0 Å². The maximum atomic E-state index is 2.56. The molecule has 2 aliphatic rings. The van der Waals surface area contributed by atoms with E-state index in [9.17, 15) is 0 Å². The molecule has 0 aromatic heterocycles. The predicted octanol–water partition coefficient (Wildman–Crippen LogP) is 9.85. The highest BCUT2D eigenvalue weighted by Gasteiger charge is 2.51. The molecule has 2 rings (SSSR count). The van der Waals surface area contributed by atoms with Gasteiger partial charge in [-0.3, -0.25) is 0 Å². The summed E-state index contributed by atoms with van der Waals surface area (Å²) in [7, 11) is -0.0252. The van der Waals surface area contributed by atoms with E-state index >= 15 is 0 Å². The minimum Gasteiger partial charge on any atom is -0.0922 e. The topological polar surface area (TPSA) is 0 Å². The molecular weight excluding hydrogens is 379 g/mol. The second-order valence-corrected chi connectivity index (χ2v) is 18.2. The highest BCUT2D eigenvalue weighted by Crippen LogP contribution is 2.68. The Labute approximate surface area is 192 Å². The van der Waals surface area contributed by atoms with E-state index in [-0.39, 0.29) is 7.92 Å². The fourth-order valence-corrected chi connectivity index (χ4v) is 13.1. The molecule has 0 nitrogen and oxygen atoms in total. The fraction of sp³-hybridized carbons (Fsp3) is 1.00. The lowest BCUT2D eigenvalue weighted by Gasteiger charge is -2.57. The molecule has 0 radical (unpaired) electrons. The van der Waals surface area contributed by atoms with Crippen LogP contribution in [-0.4, -0.2) is 16.0 Å². The second kappa shape index (κ2) is 10.1. The number of hydrogen-bond donors (Lipinski definition) is 0. The average Bonchev–Trinajstić information content (AvgIpc) is 2.58. The highest BCUT2D eigenvalue weighted by atomic mass is 31.1. The predicted molar refractivity (Wildman–Crippen MR) is 140 cm³/mol. The van der Waals surface area contributed by atoms with E-state index < -0.39 is 0 Å². The van der Waals surface area contributed by atoms with Crippen LogP contribution in [0.3, 0.4) is 0 Å². The van der Waals surface area contributed by atoms with E-state index in [1.807, 2.05) is 0 Å². The van der Waals surface area contributed by atoms with Crippen molar-refractivity contribution in [2.45, 2.75) is 138 Å². The molecule has 0 heterocycles. The third-order valence-electron chi connectivity index (χ3n) is 8.85. The Morgan fingerprint density at radius 3 is 1.43 bits per heavy atom. The minimum absolute atomic E-state index is 0.0252. The van der Waals surface area contributed by atoms with Crippen LogP contribution in [0, 0.1) is 47.3 Å². The summed E-state index contributed by atoms with van der Waals surface area (Å²) in [6.07, 6.45) is 8.97. The van der Waals surface area contributed by atoms with Crippen molar-refractivity contribution < 1.29 is 0 Å². The van der Waals surface area contributed by atoms with Crippen molar-refractivity contribution in [1.82, 2.24) is 0 Å². The van der Waals surface area contributed by atoms with E-state index in [1.54, 1.807) is 0 Å². The van der Waals surface area contributed by atoms with Gasteiger partial charge in [0.2, 0.25) is 0 Å². The zero-order valence-electron chi connectivity index (χ0n) is 22.9. The lowest BCUT2D eigenvalue weighted by molar-refractivity contribution is -0.0131. The van der Waals surface area contributed by atoms with Crippen LogP contribution in [-0.2, 0) is 0 Å². The number of rotatable bonds is 5. The van der Waals surface area contributed by atoms with Gasteiger partial charge in [0.15, 0.2) is 0 Å². The highest BCUT2D eigenvalue weighted by molar-refractivity contribution is 7.61. The second-order valence-electron chi connectivity index (χ2n) is 14.1. The van der Waals surface area contributed by atoms with Crippen molar-refractivity contribution in [3.8, 4) is 0 Å². The van der Waals surface area contributed by atoms with Crippen LogP contribution in [0.25, 0.3) is 0 Å². The van der Waals surface area contributed by atoms with Crippen LogP contribution in [0.15, 0.2) is 0 Å². The van der Waals surface area contributed by atoms with Crippen LogP contribution >= 0.6 is 7.92 Å². The summed E-state index contributed by atoms with van der Waals surface area (Å²) in [5, 5.41) is 0.896. The van der Waals surface area contributed by atoms with Gasteiger partial charge in [0.25, 0.3) is 0 Å². The van der Waals surface area contributed by atoms with Crippen LogP contribution in [0.4, 0.5) is 0 Å². The summed E-state index contributed by atoms with van der Waals surface area (Å²) in [5.41, 5.74) is 0.969. The van der Waals surface area contributed by atoms with Gasteiger partial charge in [-0.1, -0.05) is 104 Å². The molecule has 2 aliphatic carbocycles. The quantitative estimate of drug-likeness (QED) is 0.376. The van der Waals surface area contributed by atoms with Gasteiger partial charge in [0.05, 0.1) is 0 Å². The molecule has 0 spiro atoms. The third kappa shape index (κ3) is 6.06. The van der Waals surface area contributed by atoms with Gasteiger partial charge in [-0.15, -0.1) is 0 Å². The van der Waals surface area contributed by atoms with Crippen LogP contribution < -0.4 is 0 Å². The molecule has 178 valence electrons. The first-order valence-corrected chi connectivity index (χ1v) is 14.9. The van der Waals surface area contributed by atoms with Crippen LogP contribution in [0.2, 0.25) is 0 Å². The first kappa shape index (κ1) is 26.7. The Bertz CT molecular complexity index is 485. The van der Waals surface area contributed by atoms with Gasteiger partial charge in [-0.05, 0) is 89.0 Å². The van der Waals surface area contributed by atoms with Gasteiger partial charge in [0.1, 0.15) is 0 Å². The zero-order chi connectivity index (χ0) is 23.0. The Balaban J connectivity index is 2.50. The van der Waals surface area contributed by atoms with E-state index in [0.29, 0.717) is 10.3 Å². The van der Waals surface area contributed by atoms with Gasteiger partial charge in [-0.25, -0.2) is 0 Å². The Morgan fingerprint density at radius 1 is 0.633 bits per heavy atom. The minimum atomic E-state index is -0.0252. The van der Waals surface area contributed by atoms with E-state index in [1.165, 1.54) is 38.5 Å². The normalized spacial score (nSPS) is 34.4. The molecule has 0 aromatic carbocycles. The molecule has 0 bridgehead atoms. The molecule has 4 unspecified atom stereocenters. The lowest BCUT2D eigenvalue weighted by Crippen LogP contribution is -2.48. The first-order valence-electron chi connectivity index (χ1n) is 13.5. The van der Waals surface area contributed by atoms with Gasteiger partial charge >= 0.3 is 0 Å². The maximum absolute atomic E-state index is 2.56. The van der Waals surface area contributed by atoms with Gasteiger partial charge < -0.3 is 0 Å². The van der Waals surface area contributed by atoms with Crippen molar-refractivity contribution in [2.24, 2.45) is 47.3 Å². The Morgan fingerprint density at radius 2 is 1.07 bits per heavy atom. The summed E-state index contributed by atoms with van der Waals surface area (Å²) in [6, 6.07) is 0. The molecule has 0 aliphatic heterocycles. The van der Waals surface area contributed by atoms with Crippen molar-refractivity contribution in [3.05, 3.63) is 0 Å². The molecule has 0 N–H and O–H groups in total. The first-order chi connectivity index (χ1) is 13.7. The lowest BCUT2D eigenvalue weighted by atomic mass is 9.54. The fourth-order valence-electron chi connectivity index (χ4n) is 7.95. The molecule has 2 fully saturated rings. The molecule has 30 heavy (non-hydrogen) atoms. The molecule has 0 amide bonds. The number of hydrogen-bond acceptors (Lipinski definition) is 0. The Kier molecular flexibility index (Phi) is 9.02. The van der Waals surface area contributed by atoms with Crippen molar-refractivity contribution in [3.63, 3.8) is 0 Å². The third-order valence-corrected chi connectivity index (χ3v) is 13.0. The molecule has 1 heteroatoms. The van der Waals surface area contributed by atoms with Gasteiger partial charge in [-0.2, -0.15) is 0 Å². The van der Waals surface area contributed by atoms with E-state index in [2.05, 4.69) is 83.1 Å². The molecule has 2 saturated carbocycles. The monoisotopic (exact) mass is 436 g/mol. The van der Waals surface area contributed by atoms with Crippen molar-refractivity contribution in [1.29, 1.82) is 0 Å². The summed E-state index contributed by atoms with van der Waals surface area (Å²) >= 11 is 0. The molecular formula is C29H57P. The van der Waals surface area contributed by atoms with Crippen LogP contribution in [0.1, 0.15) is 122 Å². The summed E-state index contributed by atoms with van der Waals surface area (Å²) in [6.45, 7) is 30.5. The standard InChI is InChI=1S/C29H57P/c1-19(2)22-17-24(20(3)4)27(25(18-22)21(5)6)23-15-13-14-16-26(23)30(28(7,8)9)29(10,11)12/h19-27H,13-18H2,1-12H3. The molecule has 4 atom stereocenters. The van der Waals surface area contributed by atoms with Crippen LogP contribution in [0.5, 0.6) is 0 Å². The largest absolute Gasteiger partial charge is 0.0922 e. The summed E-state index contributed by atoms with van der Waals surface area (Å²) in [4.78, 5) is 0. The van der Waals surface area contributed by atoms with Gasteiger partial charge in [0, 0.05) is 0 Å². The summed E-state index contributed by atoms with van der Waals surface area (Å²) in [5.74, 6) is 7.23. The van der Waals surface area contributed by atoms with E-state index in [0.717, 1.165) is 53.0 Å². The zero-order valence-corrected chi connectivity index (χ0v) is 23.8. The average molecular weight is 437 g/mol. The van der Waals surface area contributed by atoms with E-state index in [4.69, 9.17) is 0 Å². The molecule has 0 aromatic rings. The molecule has 0 saturated heterocycles. The smallest absolute Gasteiger partial charge is 0.0169 e. The van der Waals surface area contributed by atoms with Crippen molar-refractivity contribution >= 4 is 7.92 Å². The summed E-state index contributed by atoms with van der Waals surface area (Å²) < 4.78 is 0. The maximum Gasteiger partial charge on any atom is -0.0169 e. The Hall–Kier alpha value is 0.430. The SMILES string of the molecule is CC(C)C1CC(C(C)C)C(C2CCCCC2P(C(C)(C)C)C(C)(C)C)C(C(C)C)C1.